The van der Waals surface area contributed by atoms with E-state index < -0.39 is 31.7 Å². The SMILES string of the molecule is CCS(=O)(=O)Nc1cc(-c2c3c(nc(C4CCCCC4)c2S(N)(=O)=O)CCCC3)c(Oc2ccc(F)cc2F)cc1C1CC1. The number of benzene rings is 2. The Kier molecular flexibility index (Phi) is 8.44. The summed E-state index contributed by atoms with van der Waals surface area (Å²) in [5.74, 6) is -2.03. The van der Waals surface area contributed by atoms with Crippen LogP contribution in [-0.2, 0) is 32.9 Å². The minimum Gasteiger partial charge on any atom is -0.454 e. The van der Waals surface area contributed by atoms with Gasteiger partial charge in [0.2, 0.25) is 20.0 Å². The number of hydrogen-bond donors (Lipinski definition) is 2. The van der Waals surface area contributed by atoms with Crippen molar-refractivity contribution in [1.29, 1.82) is 0 Å². The molecule has 1 aromatic heterocycles. The summed E-state index contributed by atoms with van der Waals surface area (Å²) in [6.45, 7) is 1.53. The molecule has 0 radical (unpaired) electrons. The van der Waals surface area contributed by atoms with Crippen LogP contribution >= 0.6 is 0 Å². The molecule has 3 aliphatic carbocycles. The number of pyridine rings is 1. The summed E-state index contributed by atoms with van der Waals surface area (Å²) in [5.41, 5.74) is 3.52. The van der Waals surface area contributed by atoms with Crippen LogP contribution in [0.5, 0.6) is 11.5 Å². The Bertz CT molecular complexity index is 1820. The number of anilines is 1. The van der Waals surface area contributed by atoms with Crippen molar-refractivity contribution < 1.29 is 30.4 Å². The smallest absolute Gasteiger partial charge is 0.240 e. The maximum atomic E-state index is 15.0. The van der Waals surface area contributed by atoms with Gasteiger partial charge >= 0.3 is 0 Å². The number of nitrogens with one attached hydrogen (secondary N) is 1. The molecule has 3 aliphatic rings. The predicted molar refractivity (Wildman–Crippen MR) is 165 cm³/mol. The van der Waals surface area contributed by atoms with Crippen LogP contribution in [-0.4, -0.2) is 27.6 Å². The quantitative estimate of drug-likeness (QED) is 0.257. The third-order valence-electron chi connectivity index (χ3n) is 8.93. The number of rotatable bonds is 9. The molecule has 1 heterocycles. The van der Waals surface area contributed by atoms with Gasteiger partial charge in [0.1, 0.15) is 16.5 Å². The summed E-state index contributed by atoms with van der Waals surface area (Å²) in [6, 6.07) is 6.23. The summed E-state index contributed by atoms with van der Waals surface area (Å²) in [7, 11) is -8.06. The second-order valence-corrected chi connectivity index (χ2v) is 15.6. The Hall–Kier alpha value is -3.09. The second kappa shape index (κ2) is 12.0. The molecule has 44 heavy (non-hydrogen) atoms. The standard InChI is InChI=1S/C32H37F2N3O5S2/c1-2-43(38,39)37-27-17-24(29(18-23(27)19-12-13-19)42-28-15-14-21(33)16-25(28)34)30-22-10-6-7-11-26(22)36-31(32(30)44(35,40)41)20-8-4-3-5-9-20/h14-20,37H,2-13H2,1H3,(H2,35,40,41). The van der Waals surface area contributed by atoms with Gasteiger partial charge in [-0.05, 0) is 99.6 Å². The largest absolute Gasteiger partial charge is 0.454 e. The lowest BCUT2D eigenvalue weighted by Crippen LogP contribution is -2.23. The van der Waals surface area contributed by atoms with Gasteiger partial charge in [-0.2, -0.15) is 0 Å². The van der Waals surface area contributed by atoms with Crippen LogP contribution in [0.2, 0.25) is 0 Å². The molecule has 8 nitrogen and oxygen atoms in total. The highest BCUT2D eigenvalue weighted by Gasteiger charge is 2.35. The summed E-state index contributed by atoms with van der Waals surface area (Å²) in [4.78, 5) is 4.88. The van der Waals surface area contributed by atoms with Crippen molar-refractivity contribution in [2.75, 3.05) is 10.5 Å². The molecule has 0 atom stereocenters. The van der Waals surface area contributed by atoms with Gasteiger partial charge in [-0.1, -0.05) is 19.3 Å². The van der Waals surface area contributed by atoms with E-state index in [-0.39, 0.29) is 39.5 Å². The molecule has 236 valence electrons. The number of aryl methyl sites for hydroxylation is 1. The lowest BCUT2D eigenvalue weighted by Gasteiger charge is -2.29. The van der Waals surface area contributed by atoms with Gasteiger partial charge in [-0.3, -0.25) is 9.71 Å². The number of nitrogens with two attached hydrogens (primary N) is 1. The first-order valence-electron chi connectivity index (χ1n) is 15.4. The van der Waals surface area contributed by atoms with Crippen molar-refractivity contribution in [2.24, 2.45) is 5.14 Å². The van der Waals surface area contributed by atoms with Crippen molar-refractivity contribution in [1.82, 2.24) is 4.98 Å². The number of ether oxygens (including phenoxy) is 1. The van der Waals surface area contributed by atoms with Crippen LogP contribution in [0.3, 0.4) is 0 Å². The van der Waals surface area contributed by atoms with Crippen LogP contribution < -0.4 is 14.6 Å². The molecule has 0 amide bonds. The predicted octanol–water partition coefficient (Wildman–Crippen LogP) is 7.03. The maximum absolute atomic E-state index is 15.0. The minimum absolute atomic E-state index is 0.0425. The highest BCUT2D eigenvalue weighted by Crippen LogP contribution is 2.51. The molecular weight excluding hydrogens is 608 g/mol. The Balaban J connectivity index is 1.68. The number of fused-ring (bicyclic) bond motifs is 1. The van der Waals surface area contributed by atoms with Gasteiger partial charge in [0.05, 0.1) is 17.1 Å². The molecule has 2 fully saturated rings. The van der Waals surface area contributed by atoms with Crippen LogP contribution in [0, 0.1) is 11.6 Å². The summed E-state index contributed by atoms with van der Waals surface area (Å²) >= 11 is 0. The topological polar surface area (TPSA) is 128 Å². The van der Waals surface area contributed by atoms with Crippen LogP contribution in [0.4, 0.5) is 14.5 Å². The van der Waals surface area contributed by atoms with Gasteiger partial charge in [-0.15, -0.1) is 0 Å². The summed E-state index contributed by atoms with van der Waals surface area (Å²) in [6.07, 6.45) is 9.04. The molecule has 3 aromatic rings. The average molecular weight is 646 g/mol. The van der Waals surface area contributed by atoms with Gasteiger partial charge in [0, 0.05) is 28.8 Å². The first-order valence-corrected chi connectivity index (χ1v) is 18.5. The molecule has 12 heteroatoms. The number of hydrogen-bond acceptors (Lipinski definition) is 6. The Morgan fingerprint density at radius 3 is 2.30 bits per heavy atom. The number of primary sulfonamides is 1. The molecule has 0 unspecified atom stereocenters. The zero-order chi connectivity index (χ0) is 31.2. The fourth-order valence-corrected chi connectivity index (χ4v) is 8.26. The Morgan fingerprint density at radius 2 is 1.64 bits per heavy atom. The summed E-state index contributed by atoms with van der Waals surface area (Å²) in [5, 5.41) is 6.01. The lowest BCUT2D eigenvalue weighted by molar-refractivity contribution is 0.428. The average Bonchev–Trinajstić information content (AvgIpc) is 3.83. The third kappa shape index (κ3) is 6.34. The number of halogens is 2. The van der Waals surface area contributed by atoms with Crippen molar-refractivity contribution in [2.45, 2.75) is 94.3 Å². The minimum atomic E-state index is -4.35. The first kappa shape index (κ1) is 30.9. The zero-order valence-electron chi connectivity index (χ0n) is 24.7. The van der Waals surface area contributed by atoms with E-state index in [0.29, 0.717) is 47.0 Å². The molecule has 0 aliphatic heterocycles. The monoisotopic (exact) mass is 645 g/mol. The molecule has 2 aromatic carbocycles. The molecule has 0 spiro atoms. The Morgan fingerprint density at radius 1 is 0.909 bits per heavy atom. The molecule has 3 N–H and O–H groups in total. The fourth-order valence-electron chi connectivity index (χ4n) is 6.58. The van der Waals surface area contributed by atoms with E-state index >= 15 is 0 Å². The van der Waals surface area contributed by atoms with Crippen molar-refractivity contribution in [3.63, 3.8) is 0 Å². The zero-order valence-corrected chi connectivity index (χ0v) is 26.3. The number of aromatic nitrogens is 1. The molecule has 2 saturated carbocycles. The number of nitrogens with zero attached hydrogens (tertiary/aromatic N) is 1. The highest BCUT2D eigenvalue weighted by molar-refractivity contribution is 7.92. The van der Waals surface area contributed by atoms with Crippen LogP contribution in [0.15, 0.2) is 35.2 Å². The molecular formula is C32H37F2N3O5S2. The van der Waals surface area contributed by atoms with Crippen molar-refractivity contribution >= 4 is 25.7 Å². The first-order chi connectivity index (χ1) is 20.9. The third-order valence-corrected chi connectivity index (χ3v) is 11.2. The Labute approximate surface area is 257 Å². The van der Waals surface area contributed by atoms with Crippen LogP contribution in [0.25, 0.3) is 11.1 Å². The van der Waals surface area contributed by atoms with Crippen LogP contribution in [0.1, 0.15) is 99.1 Å². The van der Waals surface area contributed by atoms with E-state index in [9.17, 15) is 25.6 Å². The van der Waals surface area contributed by atoms with Gasteiger partial charge in [0.15, 0.2) is 11.6 Å². The van der Waals surface area contributed by atoms with E-state index in [1.807, 2.05) is 0 Å². The second-order valence-electron chi connectivity index (χ2n) is 12.1. The van der Waals surface area contributed by atoms with Gasteiger partial charge < -0.3 is 4.74 Å². The van der Waals surface area contributed by atoms with E-state index in [4.69, 9.17) is 14.9 Å². The number of sulfonamides is 2. The van der Waals surface area contributed by atoms with E-state index in [0.717, 1.165) is 69.5 Å². The summed E-state index contributed by atoms with van der Waals surface area (Å²) < 4.78 is 90.4. The highest BCUT2D eigenvalue weighted by atomic mass is 32.2. The van der Waals surface area contributed by atoms with E-state index in [2.05, 4.69) is 4.72 Å². The van der Waals surface area contributed by atoms with E-state index in [1.54, 1.807) is 12.1 Å². The molecule has 0 saturated heterocycles. The fraction of sp³-hybridized carbons (Fsp3) is 0.469. The van der Waals surface area contributed by atoms with Gasteiger partial charge in [0.25, 0.3) is 0 Å². The molecule has 6 rings (SSSR count). The van der Waals surface area contributed by atoms with E-state index in [1.165, 1.54) is 13.0 Å². The van der Waals surface area contributed by atoms with Crippen molar-refractivity contribution in [3.8, 4) is 22.6 Å². The maximum Gasteiger partial charge on any atom is 0.240 e. The lowest BCUT2D eigenvalue weighted by atomic mass is 9.82. The normalized spacial score (nSPS) is 17.7. The van der Waals surface area contributed by atoms with Gasteiger partial charge in [-0.25, -0.2) is 30.8 Å². The van der Waals surface area contributed by atoms with Crippen molar-refractivity contribution in [3.05, 3.63) is 64.5 Å². The molecule has 0 bridgehead atoms.